The van der Waals surface area contributed by atoms with Crippen LogP contribution in [0.5, 0.6) is 0 Å². The van der Waals surface area contributed by atoms with Gasteiger partial charge in [0.05, 0.1) is 5.52 Å². The highest BCUT2D eigenvalue weighted by atomic mass is 35.5. The number of aromatic nitrogens is 2. The third-order valence-electron chi connectivity index (χ3n) is 2.34. The first-order chi connectivity index (χ1) is 7.70. The molecule has 0 radical (unpaired) electrons. The van der Waals surface area contributed by atoms with Gasteiger partial charge in [0, 0.05) is 16.8 Å². The first-order valence-corrected chi connectivity index (χ1v) is 5.50. The Bertz CT molecular complexity index is 513. The lowest BCUT2D eigenvalue weighted by molar-refractivity contribution is 0.788. The Balaban J connectivity index is 2.46. The SMILES string of the molecule is NCCCc1nc(N)c2cc(Cl)ccc2n1. The molecule has 4 N–H and O–H groups in total. The Morgan fingerprint density at radius 2 is 2.06 bits per heavy atom. The molecule has 84 valence electrons. The van der Waals surface area contributed by atoms with Crippen molar-refractivity contribution in [2.45, 2.75) is 12.8 Å². The number of rotatable bonds is 3. The average molecular weight is 237 g/mol. The Morgan fingerprint density at radius 3 is 2.81 bits per heavy atom. The molecule has 0 aliphatic carbocycles. The molecule has 0 unspecified atom stereocenters. The Kier molecular flexibility index (Phi) is 3.22. The lowest BCUT2D eigenvalue weighted by Crippen LogP contribution is -2.05. The zero-order chi connectivity index (χ0) is 11.5. The van der Waals surface area contributed by atoms with Crippen LogP contribution in [0.15, 0.2) is 18.2 Å². The van der Waals surface area contributed by atoms with Crippen LogP contribution in [0.4, 0.5) is 5.82 Å². The lowest BCUT2D eigenvalue weighted by Gasteiger charge is -2.05. The van der Waals surface area contributed by atoms with E-state index in [9.17, 15) is 0 Å². The Morgan fingerprint density at radius 1 is 1.25 bits per heavy atom. The maximum atomic E-state index is 5.89. The molecule has 0 saturated carbocycles. The van der Waals surface area contributed by atoms with Crippen molar-refractivity contribution in [3.8, 4) is 0 Å². The minimum Gasteiger partial charge on any atom is -0.383 e. The first-order valence-electron chi connectivity index (χ1n) is 5.12. The number of fused-ring (bicyclic) bond motifs is 1. The molecule has 0 bridgehead atoms. The fourth-order valence-corrected chi connectivity index (χ4v) is 1.72. The van der Waals surface area contributed by atoms with Crippen LogP contribution in [0.3, 0.4) is 0 Å². The molecule has 0 atom stereocenters. The molecular weight excluding hydrogens is 224 g/mol. The van der Waals surface area contributed by atoms with E-state index in [1.54, 1.807) is 12.1 Å². The summed E-state index contributed by atoms with van der Waals surface area (Å²) < 4.78 is 0. The Hall–Kier alpha value is -1.39. The number of nitrogens with zero attached hydrogens (tertiary/aromatic N) is 2. The molecule has 0 aliphatic heterocycles. The van der Waals surface area contributed by atoms with Crippen molar-refractivity contribution in [2.24, 2.45) is 5.73 Å². The van der Waals surface area contributed by atoms with Crippen LogP contribution in [0.25, 0.3) is 10.9 Å². The topological polar surface area (TPSA) is 77.8 Å². The van der Waals surface area contributed by atoms with Gasteiger partial charge in [-0.05, 0) is 31.2 Å². The predicted molar refractivity (Wildman–Crippen MR) is 66.3 cm³/mol. The number of anilines is 1. The summed E-state index contributed by atoms with van der Waals surface area (Å²) in [4.78, 5) is 8.64. The van der Waals surface area contributed by atoms with Gasteiger partial charge in [0.25, 0.3) is 0 Å². The standard InChI is InChI=1S/C11H13ClN4/c12-7-3-4-9-8(6-7)11(14)16-10(15-9)2-1-5-13/h3-4,6H,1-2,5,13H2,(H2,14,15,16). The van der Waals surface area contributed by atoms with Crippen molar-refractivity contribution < 1.29 is 0 Å². The van der Waals surface area contributed by atoms with Gasteiger partial charge >= 0.3 is 0 Å². The van der Waals surface area contributed by atoms with Gasteiger partial charge in [-0.15, -0.1) is 0 Å². The van der Waals surface area contributed by atoms with E-state index in [0.717, 1.165) is 29.6 Å². The van der Waals surface area contributed by atoms with Crippen molar-refractivity contribution in [3.05, 3.63) is 29.0 Å². The molecule has 2 aromatic rings. The van der Waals surface area contributed by atoms with Crippen molar-refractivity contribution in [1.82, 2.24) is 9.97 Å². The minimum atomic E-state index is 0.472. The van der Waals surface area contributed by atoms with Crippen LogP contribution < -0.4 is 11.5 Å². The highest BCUT2D eigenvalue weighted by molar-refractivity contribution is 6.31. The summed E-state index contributed by atoms with van der Waals surface area (Å²) >= 11 is 5.89. The van der Waals surface area contributed by atoms with Crippen LogP contribution in [0.1, 0.15) is 12.2 Å². The highest BCUT2D eigenvalue weighted by Gasteiger charge is 2.05. The summed E-state index contributed by atoms with van der Waals surface area (Å²) in [5.41, 5.74) is 12.1. The monoisotopic (exact) mass is 236 g/mol. The van der Waals surface area contributed by atoms with Gasteiger partial charge in [0.1, 0.15) is 11.6 Å². The highest BCUT2D eigenvalue weighted by Crippen LogP contribution is 2.22. The van der Waals surface area contributed by atoms with Crippen LogP contribution >= 0.6 is 11.6 Å². The molecule has 4 nitrogen and oxygen atoms in total. The Labute approximate surface area is 98.6 Å². The summed E-state index contributed by atoms with van der Waals surface area (Å²) in [6.45, 7) is 0.627. The van der Waals surface area contributed by atoms with E-state index in [-0.39, 0.29) is 0 Å². The number of aryl methyl sites for hydroxylation is 1. The maximum absolute atomic E-state index is 5.89. The second-order valence-corrected chi connectivity index (χ2v) is 4.02. The molecule has 5 heteroatoms. The largest absolute Gasteiger partial charge is 0.383 e. The van der Waals surface area contributed by atoms with Gasteiger partial charge < -0.3 is 11.5 Å². The summed E-state index contributed by atoms with van der Waals surface area (Å²) in [6, 6.07) is 5.42. The second kappa shape index (κ2) is 4.63. The van der Waals surface area contributed by atoms with E-state index >= 15 is 0 Å². The normalized spacial score (nSPS) is 10.9. The fourth-order valence-electron chi connectivity index (χ4n) is 1.55. The third kappa shape index (κ3) is 2.23. The van der Waals surface area contributed by atoms with E-state index in [0.29, 0.717) is 17.4 Å². The molecule has 0 amide bonds. The molecule has 1 heterocycles. The second-order valence-electron chi connectivity index (χ2n) is 3.58. The first kappa shape index (κ1) is 11.1. The van der Waals surface area contributed by atoms with Crippen molar-refractivity contribution in [3.63, 3.8) is 0 Å². The van der Waals surface area contributed by atoms with Crippen molar-refractivity contribution in [2.75, 3.05) is 12.3 Å². The summed E-state index contributed by atoms with van der Waals surface area (Å²) in [5, 5.41) is 1.43. The number of nitrogen functional groups attached to an aromatic ring is 1. The molecule has 2 rings (SSSR count). The van der Waals surface area contributed by atoms with E-state index in [2.05, 4.69) is 9.97 Å². The summed E-state index contributed by atoms with van der Waals surface area (Å²) in [6.07, 6.45) is 1.61. The van der Waals surface area contributed by atoms with Crippen molar-refractivity contribution >= 4 is 28.3 Å². The van der Waals surface area contributed by atoms with Gasteiger partial charge in [0.15, 0.2) is 0 Å². The minimum absolute atomic E-state index is 0.472. The molecule has 1 aromatic carbocycles. The van der Waals surface area contributed by atoms with Crippen molar-refractivity contribution in [1.29, 1.82) is 0 Å². The number of benzene rings is 1. The van der Waals surface area contributed by atoms with E-state index in [1.807, 2.05) is 6.07 Å². The number of hydrogen-bond donors (Lipinski definition) is 2. The van der Waals surface area contributed by atoms with Gasteiger partial charge in [-0.25, -0.2) is 9.97 Å². The maximum Gasteiger partial charge on any atom is 0.135 e. The van der Waals surface area contributed by atoms with Gasteiger partial charge in [-0.3, -0.25) is 0 Å². The number of halogens is 1. The number of hydrogen-bond acceptors (Lipinski definition) is 4. The zero-order valence-electron chi connectivity index (χ0n) is 8.78. The van der Waals surface area contributed by atoms with Crippen LogP contribution in [0.2, 0.25) is 5.02 Å². The van der Waals surface area contributed by atoms with E-state index < -0.39 is 0 Å². The van der Waals surface area contributed by atoms with Crippen LogP contribution in [0, 0.1) is 0 Å². The fraction of sp³-hybridized carbons (Fsp3) is 0.273. The van der Waals surface area contributed by atoms with Gasteiger partial charge in [-0.1, -0.05) is 11.6 Å². The summed E-state index contributed by atoms with van der Waals surface area (Å²) in [7, 11) is 0. The van der Waals surface area contributed by atoms with E-state index in [4.69, 9.17) is 23.1 Å². The smallest absolute Gasteiger partial charge is 0.135 e. The molecule has 0 saturated heterocycles. The lowest BCUT2D eigenvalue weighted by atomic mass is 10.2. The zero-order valence-corrected chi connectivity index (χ0v) is 9.54. The number of nitrogens with two attached hydrogens (primary N) is 2. The quantitative estimate of drug-likeness (QED) is 0.851. The van der Waals surface area contributed by atoms with Crippen LogP contribution in [-0.2, 0) is 6.42 Å². The average Bonchev–Trinajstić information content (AvgIpc) is 2.27. The predicted octanol–water partition coefficient (Wildman–Crippen LogP) is 1.76. The van der Waals surface area contributed by atoms with E-state index in [1.165, 1.54) is 0 Å². The van der Waals surface area contributed by atoms with Gasteiger partial charge in [0.2, 0.25) is 0 Å². The van der Waals surface area contributed by atoms with Gasteiger partial charge in [-0.2, -0.15) is 0 Å². The molecule has 0 fully saturated rings. The molecule has 1 aromatic heterocycles. The molecule has 16 heavy (non-hydrogen) atoms. The molecule has 0 aliphatic rings. The summed E-state index contributed by atoms with van der Waals surface area (Å²) in [5.74, 6) is 1.21. The molecule has 0 spiro atoms. The molecular formula is C11H13ClN4. The third-order valence-corrected chi connectivity index (χ3v) is 2.57. The van der Waals surface area contributed by atoms with Crippen LogP contribution in [-0.4, -0.2) is 16.5 Å².